The Morgan fingerprint density at radius 2 is 2.00 bits per heavy atom. The van der Waals surface area contributed by atoms with Gasteiger partial charge in [-0.25, -0.2) is 0 Å². The molecule has 0 spiro atoms. The Labute approximate surface area is 128 Å². The van der Waals surface area contributed by atoms with Crippen molar-refractivity contribution in [2.24, 2.45) is 0 Å². The van der Waals surface area contributed by atoms with Crippen LogP contribution >= 0.6 is 0 Å². The van der Waals surface area contributed by atoms with Gasteiger partial charge in [0.05, 0.1) is 6.04 Å². The van der Waals surface area contributed by atoms with Crippen molar-refractivity contribution < 1.29 is 4.79 Å². The molecule has 0 radical (unpaired) electrons. The largest absolute Gasteiger partial charge is 0.352 e. The van der Waals surface area contributed by atoms with E-state index in [1.165, 1.54) is 17.5 Å². The molecule has 1 amide bonds. The van der Waals surface area contributed by atoms with Gasteiger partial charge in [-0.15, -0.1) is 0 Å². The van der Waals surface area contributed by atoms with Crippen molar-refractivity contribution >= 4 is 5.91 Å². The molecule has 0 aliphatic heterocycles. The van der Waals surface area contributed by atoms with Crippen LogP contribution in [0.5, 0.6) is 0 Å². The highest BCUT2D eigenvalue weighted by molar-refractivity contribution is 5.81. The third-order valence-corrected chi connectivity index (χ3v) is 4.55. The lowest BCUT2D eigenvalue weighted by Crippen LogP contribution is -2.47. The Morgan fingerprint density at radius 3 is 2.71 bits per heavy atom. The summed E-state index contributed by atoms with van der Waals surface area (Å²) in [6.45, 7) is 6.20. The molecule has 3 nitrogen and oxygen atoms in total. The first-order chi connectivity index (χ1) is 10.2. The number of carbonyl (C=O) groups excluding carboxylic acids is 1. The number of fused-ring (bicyclic) bond motifs is 1. The number of benzene rings is 1. The summed E-state index contributed by atoms with van der Waals surface area (Å²) in [7, 11) is 0. The zero-order valence-corrected chi connectivity index (χ0v) is 13.5. The molecule has 2 rings (SSSR count). The van der Waals surface area contributed by atoms with Gasteiger partial charge in [0.15, 0.2) is 0 Å². The standard InChI is InChI=1S/C18H28N2O/c1-4-15(5-2)20-18(21)13(3)19-17-12-8-10-14-9-6-7-11-16(14)17/h6-7,9,11,13,15,17,19H,4-5,8,10,12H2,1-3H3,(H,20,21). The van der Waals surface area contributed by atoms with E-state index in [1.54, 1.807) is 0 Å². The molecular formula is C18H28N2O. The van der Waals surface area contributed by atoms with Gasteiger partial charge < -0.3 is 5.32 Å². The molecule has 2 atom stereocenters. The van der Waals surface area contributed by atoms with Gasteiger partial charge in [0.2, 0.25) is 5.91 Å². The van der Waals surface area contributed by atoms with Crippen molar-refractivity contribution in [1.82, 2.24) is 10.6 Å². The average Bonchev–Trinajstić information content (AvgIpc) is 2.52. The van der Waals surface area contributed by atoms with Crippen LogP contribution in [0.2, 0.25) is 0 Å². The number of rotatable bonds is 6. The Bertz CT molecular complexity index is 468. The third kappa shape index (κ3) is 4.07. The molecule has 3 heteroatoms. The minimum atomic E-state index is -0.151. The SMILES string of the molecule is CCC(CC)NC(=O)C(C)NC1CCCc2ccccc21. The van der Waals surface area contributed by atoms with Crippen LogP contribution in [0.15, 0.2) is 24.3 Å². The third-order valence-electron chi connectivity index (χ3n) is 4.55. The van der Waals surface area contributed by atoms with Gasteiger partial charge >= 0.3 is 0 Å². The van der Waals surface area contributed by atoms with Crippen molar-refractivity contribution in [2.45, 2.75) is 71.0 Å². The minimum absolute atomic E-state index is 0.117. The van der Waals surface area contributed by atoms with E-state index >= 15 is 0 Å². The molecule has 0 heterocycles. The number of amides is 1. The van der Waals surface area contributed by atoms with Gasteiger partial charge in [-0.05, 0) is 50.2 Å². The van der Waals surface area contributed by atoms with Crippen molar-refractivity contribution in [3.63, 3.8) is 0 Å². The fourth-order valence-electron chi connectivity index (χ4n) is 3.12. The summed E-state index contributed by atoms with van der Waals surface area (Å²) >= 11 is 0. The van der Waals surface area contributed by atoms with Gasteiger partial charge in [0.1, 0.15) is 0 Å². The van der Waals surface area contributed by atoms with Crippen LogP contribution in [0.25, 0.3) is 0 Å². The van der Waals surface area contributed by atoms with Crippen molar-refractivity contribution in [2.75, 3.05) is 0 Å². The zero-order valence-electron chi connectivity index (χ0n) is 13.5. The molecule has 0 bridgehead atoms. The van der Waals surface area contributed by atoms with E-state index in [4.69, 9.17) is 0 Å². The van der Waals surface area contributed by atoms with E-state index in [0.29, 0.717) is 12.1 Å². The monoisotopic (exact) mass is 288 g/mol. The first-order valence-corrected chi connectivity index (χ1v) is 8.29. The predicted molar refractivity (Wildman–Crippen MR) is 87.2 cm³/mol. The lowest BCUT2D eigenvalue weighted by atomic mass is 9.87. The molecule has 1 aliphatic carbocycles. The lowest BCUT2D eigenvalue weighted by molar-refractivity contribution is -0.123. The molecule has 0 aromatic heterocycles. The Balaban J connectivity index is 1.97. The Hall–Kier alpha value is -1.35. The Morgan fingerprint density at radius 1 is 1.29 bits per heavy atom. The van der Waals surface area contributed by atoms with Gasteiger partial charge in [-0.1, -0.05) is 38.1 Å². The summed E-state index contributed by atoms with van der Waals surface area (Å²) in [5.41, 5.74) is 2.79. The lowest BCUT2D eigenvalue weighted by Gasteiger charge is -2.29. The summed E-state index contributed by atoms with van der Waals surface area (Å²) in [4.78, 5) is 12.3. The molecule has 1 aromatic carbocycles. The minimum Gasteiger partial charge on any atom is -0.352 e. The highest BCUT2D eigenvalue weighted by Crippen LogP contribution is 2.29. The van der Waals surface area contributed by atoms with E-state index in [-0.39, 0.29) is 11.9 Å². The van der Waals surface area contributed by atoms with Crippen molar-refractivity contribution in [3.8, 4) is 0 Å². The first-order valence-electron chi connectivity index (χ1n) is 8.29. The average molecular weight is 288 g/mol. The van der Waals surface area contributed by atoms with Gasteiger partial charge in [0, 0.05) is 12.1 Å². The van der Waals surface area contributed by atoms with E-state index in [0.717, 1.165) is 25.7 Å². The normalized spacial score (nSPS) is 19.1. The van der Waals surface area contributed by atoms with E-state index in [2.05, 4.69) is 48.7 Å². The predicted octanol–water partition coefficient (Wildman–Crippen LogP) is 3.35. The number of aryl methyl sites for hydroxylation is 1. The molecular weight excluding hydrogens is 260 g/mol. The number of hydrogen-bond donors (Lipinski definition) is 2. The highest BCUT2D eigenvalue weighted by atomic mass is 16.2. The first kappa shape index (κ1) is 16.0. The van der Waals surface area contributed by atoms with Gasteiger partial charge in [0.25, 0.3) is 0 Å². The van der Waals surface area contributed by atoms with Crippen LogP contribution in [0, 0.1) is 0 Å². The van der Waals surface area contributed by atoms with E-state index in [9.17, 15) is 4.79 Å². The number of hydrogen-bond acceptors (Lipinski definition) is 2. The molecule has 116 valence electrons. The van der Waals surface area contributed by atoms with Crippen molar-refractivity contribution in [3.05, 3.63) is 35.4 Å². The van der Waals surface area contributed by atoms with Gasteiger partial charge in [-0.2, -0.15) is 0 Å². The van der Waals surface area contributed by atoms with E-state index in [1.807, 2.05) is 6.92 Å². The summed E-state index contributed by atoms with van der Waals surface area (Å²) in [6.07, 6.45) is 5.43. The second-order valence-corrected chi connectivity index (χ2v) is 6.05. The molecule has 2 unspecified atom stereocenters. The van der Waals surface area contributed by atoms with Crippen LogP contribution in [-0.4, -0.2) is 18.0 Å². The maximum absolute atomic E-state index is 12.3. The van der Waals surface area contributed by atoms with Crippen LogP contribution in [0.1, 0.15) is 63.6 Å². The second kappa shape index (κ2) is 7.60. The van der Waals surface area contributed by atoms with Crippen LogP contribution in [-0.2, 0) is 11.2 Å². The molecule has 2 N–H and O–H groups in total. The number of carbonyl (C=O) groups is 1. The van der Waals surface area contributed by atoms with Crippen molar-refractivity contribution in [1.29, 1.82) is 0 Å². The van der Waals surface area contributed by atoms with Crippen LogP contribution in [0.4, 0.5) is 0 Å². The molecule has 21 heavy (non-hydrogen) atoms. The zero-order chi connectivity index (χ0) is 15.2. The Kier molecular flexibility index (Phi) is 5.80. The summed E-state index contributed by atoms with van der Waals surface area (Å²) < 4.78 is 0. The molecule has 0 saturated carbocycles. The fraction of sp³-hybridized carbons (Fsp3) is 0.611. The summed E-state index contributed by atoms with van der Waals surface area (Å²) in [5, 5.41) is 6.64. The topological polar surface area (TPSA) is 41.1 Å². The second-order valence-electron chi connectivity index (χ2n) is 6.05. The summed E-state index contributed by atoms with van der Waals surface area (Å²) in [5.74, 6) is 0.117. The number of nitrogens with one attached hydrogen (secondary N) is 2. The maximum Gasteiger partial charge on any atom is 0.237 e. The fourth-order valence-corrected chi connectivity index (χ4v) is 3.12. The van der Waals surface area contributed by atoms with Crippen LogP contribution in [0.3, 0.4) is 0 Å². The van der Waals surface area contributed by atoms with Gasteiger partial charge in [-0.3, -0.25) is 10.1 Å². The molecule has 0 fully saturated rings. The van der Waals surface area contributed by atoms with Crippen LogP contribution < -0.4 is 10.6 Å². The maximum atomic E-state index is 12.3. The molecule has 0 saturated heterocycles. The quantitative estimate of drug-likeness (QED) is 0.843. The smallest absolute Gasteiger partial charge is 0.237 e. The summed E-state index contributed by atoms with van der Waals surface area (Å²) in [6, 6.07) is 9.04. The highest BCUT2D eigenvalue weighted by Gasteiger charge is 2.24. The molecule has 1 aliphatic rings. The molecule has 1 aromatic rings. The van der Waals surface area contributed by atoms with E-state index < -0.39 is 0 Å².